The van der Waals surface area contributed by atoms with E-state index >= 15 is 0 Å². The summed E-state index contributed by atoms with van der Waals surface area (Å²) in [7, 11) is 0. The van der Waals surface area contributed by atoms with Crippen LogP contribution in [0, 0.1) is 4.77 Å². The molecule has 5 heteroatoms. The van der Waals surface area contributed by atoms with Crippen molar-refractivity contribution in [2.45, 2.75) is 26.3 Å². The van der Waals surface area contributed by atoms with Crippen LogP contribution in [0.15, 0.2) is 40.9 Å². The normalized spacial score (nSPS) is 12.0. The first-order valence-electron chi connectivity index (χ1n) is 6.74. The molecule has 0 fully saturated rings. The molecule has 0 atom stereocenters. The lowest BCUT2D eigenvalue weighted by Crippen LogP contribution is -2.22. The molecule has 3 aromatic rings. The second kappa shape index (κ2) is 5.07. The minimum atomic E-state index is -0.117. The highest BCUT2D eigenvalue weighted by Crippen LogP contribution is 2.28. The Balaban J connectivity index is 2.22. The van der Waals surface area contributed by atoms with E-state index in [1.165, 1.54) is 10.8 Å². The van der Waals surface area contributed by atoms with Crippen molar-refractivity contribution in [3.05, 3.63) is 45.6 Å². The highest BCUT2D eigenvalue weighted by Gasteiger charge is 2.20. The highest BCUT2D eigenvalue weighted by molar-refractivity contribution is 9.10. The predicted octanol–water partition coefficient (Wildman–Crippen LogP) is 5.28. The summed E-state index contributed by atoms with van der Waals surface area (Å²) in [6, 6.07) is 12.6. The van der Waals surface area contributed by atoms with Crippen LogP contribution in [-0.2, 0) is 5.54 Å². The topological polar surface area (TPSA) is 33.6 Å². The summed E-state index contributed by atoms with van der Waals surface area (Å²) < 4.78 is 3.79. The minimum absolute atomic E-state index is 0.117. The van der Waals surface area contributed by atoms with Crippen LogP contribution in [0.1, 0.15) is 20.8 Å². The number of H-pyrrole nitrogens is 1. The number of benzene rings is 2. The maximum Gasteiger partial charge on any atom is 0.195 e. The molecule has 3 rings (SSSR count). The molecule has 0 radical (unpaired) electrons. The van der Waals surface area contributed by atoms with Gasteiger partial charge in [-0.2, -0.15) is 5.10 Å². The van der Waals surface area contributed by atoms with Crippen LogP contribution >= 0.6 is 28.1 Å². The number of nitrogens with zero attached hydrogens (tertiary/aromatic N) is 2. The Morgan fingerprint density at radius 2 is 1.76 bits per heavy atom. The van der Waals surface area contributed by atoms with E-state index in [0.717, 1.165) is 15.9 Å². The number of rotatable bonds is 1. The Kier molecular flexibility index (Phi) is 3.50. The van der Waals surface area contributed by atoms with E-state index in [1.54, 1.807) is 0 Å². The lowest BCUT2D eigenvalue weighted by Gasteiger charge is -2.22. The van der Waals surface area contributed by atoms with Gasteiger partial charge >= 0.3 is 0 Å². The predicted molar refractivity (Wildman–Crippen MR) is 93.0 cm³/mol. The van der Waals surface area contributed by atoms with Crippen molar-refractivity contribution in [2.24, 2.45) is 0 Å². The summed E-state index contributed by atoms with van der Waals surface area (Å²) in [5, 5.41) is 9.70. The van der Waals surface area contributed by atoms with Crippen molar-refractivity contribution in [3.8, 4) is 11.4 Å². The van der Waals surface area contributed by atoms with E-state index in [4.69, 9.17) is 12.2 Å². The third-order valence-corrected chi connectivity index (χ3v) is 4.17. The molecule has 1 N–H and O–H groups in total. The quantitative estimate of drug-likeness (QED) is 0.598. The fraction of sp³-hybridized carbons (Fsp3) is 0.250. The molecular weight excluding hydrogens is 346 g/mol. The molecule has 0 aliphatic heterocycles. The van der Waals surface area contributed by atoms with E-state index in [-0.39, 0.29) is 5.54 Å². The number of nitrogens with one attached hydrogen (secondary N) is 1. The molecule has 0 amide bonds. The van der Waals surface area contributed by atoms with E-state index in [9.17, 15) is 0 Å². The van der Waals surface area contributed by atoms with Crippen molar-refractivity contribution in [1.29, 1.82) is 0 Å². The van der Waals surface area contributed by atoms with E-state index in [1.807, 2.05) is 6.07 Å². The van der Waals surface area contributed by atoms with Crippen molar-refractivity contribution >= 4 is 38.9 Å². The lowest BCUT2D eigenvalue weighted by atomic mass is 10.0. The van der Waals surface area contributed by atoms with Gasteiger partial charge in [0.15, 0.2) is 10.6 Å². The number of halogens is 1. The average Bonchev–Trinajstić information content (AvgIpc) is 2.80. The number of hydrogen-bond acceptors (Lipinski definition) is 2. The molecule has 0 aliphatic rings. The third-order valence-electron chi connectivity index (χ3n) is 3.40. The summed E-state index contributed by atoms with van der Waals surface area (Å²) in [4.78, 5) is 0. The number of aromatic nitrogens is 3. The Bertz CT molecular complexity index is 871. The summed E-state index contributed by atoms with van der Waals surface area (Å²) in [5.41, 5.74) is 0.945. The first-order valence-corrected chi connectivity index (χ1v) is 7.94. The van der Waals surface area contributed by atoms with Crippen LogP contribution < -0.4 is 0 Å². The number of fused-ring (bicyclic) bond motifs is 1. The van der Waals surface area contributed by atoms with Crippen molar-refractivity contribution in [1.82, 2.24) is 14.8 Å². The Labute approximate surface area is 137 Å². The monoisotopic (exact) mass is 361 g/mol. The second-order valence-corrected chi connectivity index (χ2v) is 7.37. The summed E-state index contributed by atoms with van der Waals surface area (Å²) >= 11 is 8.87. The van der Waals surface area contributed by atoms with Gasteiger partial charge in [0.25, 0.3) is 0 Å². The molecule has 0 unspecified atom stereocenters. The first-order chi connectivity index (χ1) is 9.86. The molecule has 1 heterocycles. The standard InChI is InChI=1S/C16H16BrN3S/c1-16(2,3)20-14(18-19-15(20)21)12-5-4-11-9-13(17)7-6-10(11)8-12/h4-9H,1-3H3,(H,19,21). The van der Waals surface area contributed by atoms with E-state index < -0.39 is 0 Å². The zero-order chi connectivity index (χ0) is 15.2. The van der Waals surface area contributed by atoms with Crippen LogP contribution in [0.2, 0.25) is 0 Å². The molecule has 0 aliphatic carbocycles. The van der Waals surface area contributed by atoms with Crippen molar-refractivity contribution in [3.63, 3.8) is 0 Å². The SMILES string of the molecule is CC(C)(C)n1c(-c2ccc3cc(Br)ccc3c2)n[nH]c1=S. The van der Waals surface area contributed by atoms with E-state index in [0.29, 0.717) is 4.77 Å². The molecule has 0 bridgehead atoms. The Morgan fingerprint density at radius 1 is 1.10 bits per heavy atom. The maximum atomic E-state index is 5.37. The van der Waals surface area contributed by atoms with Gasteiger partial charge in [0.1, 0.15) is 0 Å². The van der Waals surface area contributed by atoms with Gasteiger partial charge in [-0.05, 0) is 62.0 Å². The fourth-order valence-electron chi connectivity index (χ4n) is 2.47. The van der Waals surface area contributed by atoms with E-state index in [2.05, 4.69) is 81.8 Å². The van der Waals surface area contributed by atoms with Gasteiger partial charge in [0, 0.05) is 15.6 Å². The zero-order valence-corrected chi connectivity index (χ0v) is 14.5. The summed E-state index contributed by atoms with van der Waals surface area (Å²) in [5.74, 6) is 0.873. The van der Waals surface area contributed by atoms with Crippen LogP contribution in [-0.4, -0.2) is 14.8 Å². The average molecular weight is 362 g/mol. The first kappa shape index (κ1) is 14.5. The van der Waals surface area contributed by atoms with Gasteiger partial charge < -0.3 is 0 Å². The number of aromatic amines is 1. The molecule has 0 saturated carbocycles. The Morgan fingerprint density at radius 3 is 2.48 bits per heavy atom. The molecule has 2 aromatic carbocycles. The summed E-state index contributed by atoms with van der Waals surface area (Å²) in [6.45, 7) is 6.37. The highest BCUT2D eigenvalue weighted by atomic mass is 79.9. The number of hydrogen-bond donors (Lipinski definition) is 1. The van der Waals surface area contributed by atoms with Crippen LogP contribution in [0.4, 0.5) is 0 Å². The van der Waals surface area contributed by atoms with Crippen molar-refractivity contribution < 1.29 is 0 Å². The smallest absolute Gasteiger partial charge is 0.195 e. The molecule has 21 heavy (non-hydrogen) atoms. The second-order valence-electron chi connectivity index (χ2n) is 6.06. The molecule has 0 saturated heterocycles. The summed E-state index contributed by atoms with van der Waals surface area (Å²) in [6.07, 6.45) is 0. The molecule has 1 aromatic heterocycles. The van der Waals surface area contributed by atoms with Gasteiger partial charge in [-0.15, -0.1) is 0 Å². The van der Waals surface area contributed by atoms with Gasteiger partial charge in [0.05, 0.1) is 0 Å². The van der Waals surface area contributed by atoms with Crippen LogP contribution in [0.25, 0.3) is 22.2 Å². The van der Waals surface area contributed by atoms with Crippen LogP contribution in [0.3, 0.4) is 0 Å². The van der Waals surface area contributed by atoms with Crippen molar-refractivity contribution in [2.75, 3.05) is 0 Å². The third kappa shape index (κ3) is 2.68. The van der Waals surface area contributed by atoms with Gasteiger partial charge in [-0.1, -0.05) is 34.1 Å². The molecule has 0 spiro atoms. The lowest BCUT2D eigenvalue weighted by molar-refractivity contribution is 0.395. The zero-order valence-electron chi connectivity index (χ0n) is 12.1. The maximum absolute atomic E-state index is 5.37. The van der Waals surface area contributed by atoms with Crippen LogP contribution in [0.5, 0.6) is 0 Å². The fourth-order valence-corrected chi connectivity index (χ4v) is 3.25. The molecular formula is C16H16BrN3S. The Hall–Kier alpha value is -1.46. The molecule has 108 valence electrons. The van der Waals surface area contributed by atoms with Gasteiger partial charge in [-0.3, -0.25) is 9.67 Å². The minimum Gasteiger partial charge on any atom is -0.295 e. The molecule has 3 nitrogen and oxygen atoms in total. The largest absolute Gasteiger partial charge is 0.295 e. The van der Waals surface area contributed by atoms with Gasteiger partial charge in [0.2, 0.25) is 0 Å². The van der Waals surface area contributed by atoms with Gasteiger partial charge in [-0.25, -0.2) is 0 Å².